The molecule has 1 aliphatic rings. The molecule has 1 aromatic rings. The number of rotatable bonds is 6. The van der Waals surface area contributed by atoms with Gasteiger partial charge in [0.2, 0.25) is 5.91 Å². The van der Waals surface area contributed by atoms with Crippen LogP contribution in [0.4, 0.5) is 5.82 Å². The van der Waals surface area contributed by atoms with E-state index < -0.39 is 0 Å². The molecule has 0 aliphatic carbocycles. The van der Waals surface area contributed by atoms with Crippen molar-refractivity contribution < 1.29 is 4.79 Å². The van der Waals surface area contributed by atoms with E-state index in [2.05, 4.69) is 20.1 Å². The van der Waals surface area contributed by atoms with E-state index in [1.807, 2.05) is 24.4 Å². The minimum Gasteiger partial charge on any atom is -0.355 e. The average Bonchev–Trinajstić information content (AvgIpc) is 2.49. The summed E-state index contributed by atoms with van der Waals surface area (Å²) in [6, 6.07) is 5.94. The zero-order valence-electron chi connectivity index (χ0n) is 12.6. The van der Waals surface area contributed by atoms with Gasteiger partial charge in [-0.3, -0.25) is 9.69 Å². The summed E-state index contributed by atoms with van der Waals surface area (Å²) in [6.07, 6.45) is 2.64. The van der Waals surface area contributed by atoms with Crippen molar-refractivity contribution in [1.29, 1.82) is 0 Å². The van der Waals surface area contributed by atoms with Gasteiger partial charge in [-0.2, -0.15) is 0 Å². The molecule has 6 nitrogen and oxygen atoms in total. The zero-order valence-corrected chi connectivity index (χ0v) is 14.2. The Labute approximate surface area is 144 Å². The number of carbonyl (C=O) groups excluding carboxylic acids is 1. The minimum atomic E-state index is 0. The van der Waals surface area contributed by atoms with Crippen LogP contribution in [0.5, 0.6) is 0 Å². The van der Waals surface area contributed by atoms with Crippen LogP contribution in [0.25, 0.3) is 0 Å². The predicted molar refractivity (Wildman–Crippen MR) is 94.1 cm³/mol. The van der Waals surface area contributed by atoms with Gasteiger partial charge in [0.15, 0.2) is 0 Å². The van der Waals surface area contributed by atoms with Gasteiger partial charge in [-0.25, -0.2) is 4.98 Å². The Balaban J connectivity index is 0.00000220. The Morgan fingerprint density at radius 2 is 1.95 bits per heavy atom. The number of halogens is 2. The van der Waals surface area contributed by atoms with Crippen LogP contribution in [-0.4, -0.2) is 61.6 Å². The second kappa shape index (κ2) is 11.5. The van der Waals surface area contributed by atoms with Gasteiger partial charge in [0.05, 0.1) is 6.54 Å². The van der Waals surface area contributed by atoms with E-state index in [0.717, 1.165) is 38.4 Å². The fraction of sp³-hybridized carbons (Fsp3) is 0.571. The topological polar surface area (TPSA) is 74.5 Å². The Morgan fingerprint density at radius 3 is 2.55 bits per heavy atom. The van der Waals surface area contributed by atoms with Crippen LogP contribution in [0.15, 0.2) is 24.4 Å². The molecule has 126 valence electrons. The number of nitrogens with zero attached hydrogens (tertiary/aromatic N) is 3. The molecule has 2 rings (SSSR count). The number of anilines is 1. The lowest BCUT2D eigenvalue weighted by Gasteiger charge is -2.34. The summed E-state index contributed by atoms with van der Waals surface area (Å²) in [6.45, 7) is 5.36. The third-order valence-electron chi connectivity index (χ3n) is 3.42. The van der Waals surface area contributed by atoms with E-state index in [9.17, 15) is 4.79 Å². The second-order valence-electron chi connectivity index (χ2n) is 4.94. The van der Waals surface area contributed by atoms with E-state index in [1.165, 1.54) is 0 Å². The summed E-state index contributed by atoms with van der Waals surface area (Å²) < 4.78 is 0. The highest BCUT2D eigenvalue weighted by molar-refractivity contribution is 5.85. The van der Waals surface area contributed by atoms with Crippen LogP contribution in [0.1, 0.15) is 6.42 Å². The van der Waals surface area contributed by atoms with Crippen LogP contribution in [0, 0.1) is 0 Å². The van der Waals surface area contributed by atoms with Gasteiger partial charge in [-0.1, -0.05) is 6.07 Å². The Bertz CT molecular complexity index is 413. The molecule has 8 heteroatoms. The van der Waals surface area contributed by atoms with Gasteiger partial charge in [-0.15, -0.1) is 24.8 Å². The van der Waals surface area contributed by atoms with Crippen molar-refractivity contribution in [3.05, 3.63) is 24.4 Å². The first kappa shape index (κ1) is 20.9. The first-order valence-electron chi connectivity index (χ1n) is 7.14. The predicted octanol–water partition coefficient (Wildman–Crippen LogP) is 0.512. The summed E-state index contributed by atoms with van der Waals surface area (Å²) in [4.78, 5) is 20.5. The van der Waals surface area contributed by atoms with Crippen molar-refractivity contribution >= 4 is 36.5 Å². The molecule has 0 bridgehead atoms. The first-order valence-corrected chi connectivity index (χ1v) is 7.14. The van der Waals surface area contributed by atoms with Crippen LogP contribution >= 0.6 is 24.8 Å². The Hall–Kier alpha value is -1.08. The summed E-state index contributed by atoms with van der Waals surface area (Å²) in [5.74, 6) is 1.10. The highest BCUT2D eigenvalue weighted by Gasteiger charge is 2.19. The van der Waals surface area contributed by atoms with E-state index in [0.29, 0.717) is 19.6 Å². The van der Waals surface area contributed by atoms with Crippen molar-refractivity contribution in [2.45, 2.75) is 6.42 Å². The molecule has 0 aromatic carbocycles. The van der Waals surface area contributed by atoms with Gasteiger partial charge < -0.3 is 16.0 Å². The Morgan fingerprint density at radius 1 is 1.23 bits per heavy atom. The third-order valence-corrected chi connectivity index (χ3v) is 3.42. The number of carbonyl (C=O) groups is 1. The molecular weight excluding hydrogens is 325 g/mol. The molecular formula is C14H25Cl2N5O. The van der Waals surface area contributed by atoms with Gasteiger partial charge in [0.25, 0.3) is 0 Å². The number of pyridine rings is 1. The molecule has 0 radical (unpaired) electrons. The van der Waals surface area contributed by atoms with E-state index in [-0.39, 0.29) is 30.7 Å². The summed E-state index contributed by atoms with van der Waals surface area (Å²) in [5, 5.41) is 2.89. The first-order chi connectivity index (χ1) is 9.79. The van der Waals surface area contributed by atoms with Crippen molar-refractivity contribution in [3.8, 4) is 0 Å². The maximum absolute atomic E-state index is 11.7. The van der Waals surface area contributed by atoms with Gasteiger partial charge in [0, 0.05) is 38.9 Å². The van der Waals surface area contributed by atoms with Crippen molar-refractivity contribution in [3.63, 3.8) is 0 Å². The lowest BCUT2D eigenvalue weighted by Crippen LogP contribution is -2.49. The van der Waals surface area contributed by atoms with Crippen molar-refractivity contribution in [2.75, 3.05) is 50.7 Å². The number of nitrogens with one attached hydrogen (secondary N) is 1. The lowest BCUT2D eigenvalue weighted by molar-refractivity contribution is -0.122. The monoisotopic (exact) mass is 349 g/mol. The fourth-order valence-electron chi connectivity index (χ4n) is 2.26. The molecule has 22 heavy (non-hydrogen) atoms. The quantitative estimate of drug-likeness (QED) is 0.732. The van der Waals surface area contributed by atoms with Crippen LogP contribution in [0.3, 0.4) is 0 Å². The smallest absolute Gasteiger partial charge is 0.234 e. The third kappa shape index (κ3) is 6.79. The number of hydrogen-bond acceptors (Lipinski definition) is 5. The largest absolute Gasteiger partial charge is 0.355 e. The number of nitrogens with two attached hydrogens (primary N) is 1. The molecule has 1 saturated heterocycles. The number of piperazine rings is 1. The molecule has 0 unspecified atom stereocenters. The van der Waals surface area contributed by atoms with E-state index in [1.54, 1.807) is 0 Å². The van der Waals surface area contributed by atoms with E-state index in [4.69, 9.17) is 5.73 Å². The number of aromatic nitrogens is 1. The SMILES string of the molecule is Cl.Cl.NCCCNC(=O)CN1CCN(c2ccccn2)CC1. The highest BCUT2D eigenvalue weighted by atomic mass is 35.5. The molecule has 1 amide bonds. The molecule has 1 aromatic heterocycles. The fourth-order valence-corrected chi connectivity index (χ4v) is 2.26. The highest BCUT2D eigenvalue weighted by Crippen LogP contribution is 2.12. The maximum atomic E-state index is 11.7. The van der Waals surface area contributed by atoms with Crippen molar-refractivity contribution in [2.24, 2.45) is 5.73 Å². The molecule has 0 saturated carbocycles. The summed E-state index contributed by atoms with van der Waals surface area (Å²) in [7, 11) is 0. The average molecular weight is 350 g/mol. The molecule has 1 fully saturated rings. The molecule has 0 atom stereocenters. The Kier molecular flexibility index (Phi) is 10.9. The normalized spacial score (nSPS) is 14.7. The van der Waals surface area contributed by atoms with Gasteiger partial charge >= 0.3 is 0 Å². The second-order valence-corrected chi connectivity index (χ2v) is 4.94. The molecule has 2 heterocycles. The molecule has 0 spiro atoms. The van der Waals surface area contributed by atoms with Crippen LogP contribution < -0.4 is 16.0 Å². The molecule has 1 aliphatic heterocycles. The molecule has 3 N–H and O–H groups in total. The lowest BCUT2D eigenvalue weighted by atomic mass is 10.3. The van der Waals surface area contributed by atoms with Crippen LogP contribution in [-0.2, 0) is 4.79 Å². The number of hydrogen-bond donors (Lipinski definition) is 2. The standard InChI is InChI=1S/C14H23N5O.2ClH/c15-5-3-7-17-14(20)12-18-8-10-19(11-9-18)13-4-1-2-6-16-13;;/h1-2,4,6H,3,5,7-12,15H2,(H,17,20);2*1H. The van der Waals surface area contributed by atoms with Gasteiger partial charge in [0.1, 0.15) is 5.82 Å². The summed E-state index contributed by atoms with van der Waals surface area (Å²) >= 11 is 0. The van der Waals surface area contributed by atoms with E-state index >= 15 is 0 Å². The zero-order chi connectivity index (χ0) is 14.2. The van der Waals surface area contributed by atoms with Gasteiger partial charge in [-0.05, 0) is 25.1 Å². The maximum Gasteiger partial charge on any atom is 0.234 e. The summed E-state index contributed by atoms with van der Waals surface area (Å²) in [5.41, 5.74) is 5.40. The van der Waals surface area contributed by atoms with Crippen LogP contribution in [0.2, 0.25) is 0 Å². The number of amides is 1. The minimum absolute atomic E-state index is 0. The van der Waals surface area contributed by atoms with Crippen molar-refractivity contribution in [1.82, 2.24) is 15.2 Å².